The van der Waals surface area contributed by atoms with Gasteiger partial charge in [0.25, 0.3) is 0 Å². The number of ether oxygens (including phenoxy) is 1. The number of nitrogens with zero attached hydrogens (tertiary/aromatic N) is 3. The van der Waals surface area contributed by atoms with Gasteiger partial charge in [0.2, 0.25) is 0 Å². The number of aliphatic hydroxyl groups is 1. The summed E-state index contributed by atoms with van der Waals surface area (Å²) in [5, 5.41) is 12.6. The van der Waals surface area contributed by atoms with Crippen LogP contribution in [0.1, 0.15) is 26.6 Å². The number of rotatable bonds is 3. The van der Waals surface area contributed by atoms with E-state index in [9.17, 15) is 5.11 Å². The summed E-state index contributed by atoms with van der Waals surface area (Å²) in [6.45, 7) is 8.25. The average molecular weight is 280 g/mol. The van der Waals surface area contributed by atoms with Crippen LogP contribution in [0, 0.1) is 0 Å². The van der Waals surface area contributed by atoms with Crippen molar-refractivity contribution in [1.29, 1.82) is 0 Å². The molecule has 6 heteroatoms. The molecule has 0 saturated carbocycles. The first-order chi connectivity index (χ1) is 9.45. The summed E-state index contributed by atoms with van der Waals surface area (Å²) >= 11 is 0. The molecule has 1 saturated heterocycles. The zero-order valence-electron chi connectivity index (χ0n) is 12.7. The second-order valence-electron chi connectivity index (χ2n) is 6.04. The van der Waals surface area contributed by atoms with Gasteiger partial charge in [-0.2, -0.15) is 0 Å². The smallest absolute Gasteiger partial charge is 0.138 e. The highest BCUT2D eigenvalue weighted by molar-refractivity contribution is 5.50. The van der Waals surface area contributed by atoms with Crippen molar-refractivity contribution in [1.82, 2.24) is 9.97 Å². The normalized spacial score (nSPS) is 20.1. The molecule has 20 heavy (non-hydrogen) atoms. The first-order valence-corrected chi connectivity index (χ1v) is 6.98. The highest BCUT2D eigenvalue weighted by Crippen LogP contribution is 2.25. The molecule has 0 aliphatic carbocycles. The number of anilines is 2. The molecule has 1 aliphatic heterocycles. The molecule has 2 heterocycles. The van der Waals surface area contributed by atoms with Crippen LogP contribution in [0.4, 0.5) is 11.6 Å². The summed E-state index contributed by atoms with van der Waals surface area (Å²) in [7, 11) is 1.85. The van der Waals surface area contributed by atoms with Crippen LogP contribution in [0.25, 0.3) is 0 Å². The Morgan fingerprint density at radius 1 is 1.45 bits per heavy atom. The summed E-state index contributed by atoms with van der Waals surface area (Å²) in [5.41, 5.74) is -0.122. The van der Waals surface area contributed by atoms with Crippen molar-refractivity contribution in [2.75, 3.05) is 43.6 Å². The molecule has 0 amide bonds. The molecule has 2 rings (SSSR count). The molecule has 0 aromatic carbocycles. The monoisotopic (exact) mass is 280 g/mol. The van der Waals surface area contributed by atoms with Crippen molar-refractivity contribution >= 4 is 11.6 Å². The number of aliphatic hydroxyl groups excluding tert-OH is 1. The van der Waals surface area contributed by atoms with Crippen LogP contribution in [0.5, 0.6) is 0 Å². The third-order valence-electron chi connectivity index (χ3n) is 3.37. The van der Waals surface area contributed by atoms with E-state index in [4.69, 9.17) is 4.74 Å². The van der Waals surface area contributed by atoms with Gasteiger partial charge in [-0.05, 0) is 0 Å². The minimum Gasteiger partial charge on any atom is -0.394 e. The van der Waals surface area contributed by atoms with Crippen molar-refractivity contribution in [3.63, 3.8) is 0 Å². The molecule has 1 aromatic rings. The van der Waals surface area contributed by atoms with Gasteiger partial charge in [-0.15, -0.1) is 0 Å². The van der Waals surface area contributed by atoms with Gasteiger partial charge in [-0.1, -0.05) is 20.8 Å². The van der Waals surface area contributed by atoms with Gasteiger partial charge in [0.05, 0.1) is 25.9 Å². The van der Waals surface area contributed by atoms with E-state index in [2.05, 4.69) is 41.0 Å². The Labute approximate surface area is 120 Å². The predicted molar refractivity (Wildman–Crippen MR) is 79.3 cm³/mol. The van der Waals surface area contributed by atoms with Crippen LogP contribution in [0.3, 0.4) is 0 Å². The maximum Gasteiger partial charge on any atom is 0.138 e. The topological polar surface area (TPSA) is 70.5 Å². The SMILES string of the molecule is CNc1cc(N2CCOCC2CO)nc(C(C)(C)C)n1. The van der Waals surface area contributed by atoms with Gasteiger partial charge < -0.3 is 20.1 Å². The number of aromatic nitrogens is 2. The Bertz CT molecular complexity index is 459. The summed E-state index contributed by atoms with van der Waals surface area (Å²) in [6, 6.07) is 1.87. The van der Waals surface area contributed by atoms with Crippen LogP contribution in [-0.4, -0.2) is 54.5 Å². The maximum absolute atomic E-state index is 9.50. The predicted octanol–water partition coefficient (Wildman–Crippen LogP) is 1.01. The molecule has 1 aromatic heterocycles. The highest BCUT2D eigenvalue weighted by Gasteiger charge is 2.26. The highest BCUT2D eigenvalue weighted by atomic mass is 16.5. The first-order valence-electron chi connectivity index (χ1n) is 6.98. The van der Waals surface area contributed by atoms with Gasteiger partial charge in [0.1, 0.15) is 17.5 Å². The van der Waals surface area contributed by atoms with Crippen LogP contribution in [-0.2, 0) is 10.2 Å². The van der Waals surface area contributed by atoms with Crippen molar-refractivity contribution in [2.24, 2.45) is 0 Å². The fraction of sp³-hybridized carbons (Fsp3) is 0.714. The maximum atomic E-state index is 9.50. The van der Waals surface area contributed by atoms with Crippen LogP contribution < -0.4 is 10.2 Å². The molecule has 2 N–H and O–H groups in total. The molecular weight excluding hydrogens is 256 g/mol. The number of hydrogen-bond acceptors (Lipinski definition) is 6. The van der Waals surface area contributed by atoms with Crippen molar-refractivity contribution in [3.8, 4) is 0 Å². The van der Waals surface area contributed by atoms with Crippen LogP contribution in [0.15, 0.2) is 6.07 Å². The second-order valence-corrected chi connectivity index (χ2v) is 6.04. The van der Waals surface area contributed by atoms with Gasteiger partial charge in [-0.25, -0.2) is 9.97 Å². The first kappa shape index (κ1) is 15.0. The third-order valence-corrected chi connectivity index (χ3v) is 3.37. The van der Waals surface area contributed by atoms with E-state index in [1.54, 1.807) is 0 Å². The molecule has 0 radical (unpaired) electrons. The van der Waals surface area contributed by atoms with E-state index in [1.165, 1.54) is 0 Å². The fourth-order valence-electron chi connectivity index (χ4n) is 2.15. The van der Waals surface area contributed by atoms with Gasteiger partial charge in [-0.3, -0.25) is 0 Å². The number of hydrogen-bond donors (Lipinski definition) is 2. The Hall–Kier alpha value is -1.40. The van der Waals surface area contributed by atoms with Gasteiger partial charge in [0, 0.05) is 25.1 Å². The lowest BCUT2D eigenvalue weighted by atomic mass is 9.95. The molecular formula is C14H24N4O2. The van der Waals surface area contributed by atoms with Gasteiger partial charge >= 0.3 is 0 Å². The Morgan fingerprint density at radius 2 is 2.20 bits per heavy atom. The summed E-state index contributed by atoms with van der Waals surface area (Å²) in [6.07, 6.45) is 0. The largest absolute Gasteiger partial charge is 0.394 e. The summed E-state index contributed by atoms with van der Waals surface area (Å²) < 4.78 is 5.42. The van der Waals surface area contributed by atoms with Gasteiger partial charge in [0.15, 0.2) is 0 Å². The summed E-state index contributed by atoms with van der Waals surface area (Å²) in [4.78, 5) is 11.3. The molecule has 1 aliphatic rings. The van der Waals surface area contributed by atoms with E-state index in [0.29, 0.717) is 13.2 Å². The van der Waals surface area contributed by atoms with E-state index in [-0.39, 0.29) is 18.1 Å². The average Bonchev–Trinajstić information content (AvgIpc) is 2.45. The number of nitrogens with one attached hydrogen (secondary N) is 1. The van der Waals surface area contributed by atoms with Crippen molar-refractivity contribution in [3.05, 3.63) is 11.9 Å². The Morgan fingerprint density at radius 3 is 2.80 bits per heavy atom. The van der Waals surface area contributed by atoms with E-state index >= 15 is 0 Å². The Kier molecular flexibility index (Phi) is 4.45. The molecule has 1 fully saturated rings. The lowest BCUT2D eigenvalue weighted by Crippen LogP contribution is -2.48. The van der Waals surface area contributed by atoms with Crippen molar-refractivity contribution in [2.45, 2.75) is 32.2 Å². The standard InChI is InChI=1S/C14H24N4O2/c1-14(2,3)13-16-11(15-4)7-12(17-13)18-5-6-20-9-10(18)8-19/h7,10,19H,5-6,8-9H2,1-4H3,(H,15,16,17). The van der Waals surface area contributed by atoms with Crippen LogP contribution in [0.2, 0.25) is 0 Å². The molecule has 6 nitrogen and oxygen atoms in total. The fourth-order valence-corrected chi connectivity index (χ4v) is 2.15. The lowest BCUT2D eigenvalue weighted by Gasteiger charge is -2.36. The lowest BCUT2D eigenvalue weighted by molar-refractivity contribution is 0.0722. The third kappa shape index (κ3) is 3.19. The zero-order chi connectivity index (χ0) is 14.8. The molecule has 1 unspecified atom stereocenters. The second kappa shape index (κ2) is 5.93. The molecule has 0 spiro atoms. The number of morpholine rings is 1. The molecule has 0 bridgehead atoms. The van der Waals surface area contributed by atoms with Crippen molar-refractivity contribution < 1.29 is 9.84 Å². The minimum absolute atomic E-state index is 0.0452. The quantitative estimate of drug-likeness (QED) is 0.861. The zero-order valence-corrected chi connectivity index (χ0v) is 12.7. The summed E-state index contributed by atoms with van der Waals surface area (Å²) in [5.74, 6) is 2.43. The Balaban J connectivity index is 2.39. The molecule has 112 valence electrons. The van der Waals surface area contributed by atoms with E-state index in [0.717, 1.165) is 24.0 Å². The molecule has 1 atom stereocenters. The minimum atomic E-state index is -0.122. The van der Waals surface area contributed by atoms with E-state index in [1.807, 2.05) is 13.1 Å². The van der Waals surface area contributed by atoms with E-state index < -0.39 is 0 Å². The van der Waals surface area contributed by atoms with Crippen LogP contribution >= 0.6 is 0 Å².